The second-order valence-electron chi connectivity index (χ2n) is 7.58. The molecule has 0 spiro atoms. The number of benzene rings is 2. The van der Waals surface area contributed by atoms with Crippen molar-refractivity contribution in [1.29, 1.82) is 0 Å². The third-order valence-corrected chi connectivity index (χ3v) is 6.66. The van der Waals surface area contributed by atoms with Crippen molar-refractivity contribution in [1.82, 2.24) is 19.5 Å². The maximum Gasteiger partial charge on any atom is 0.230 e. The zero-order chi connectivity index (χ0) is 21.5. The van der Waals surface area contributed by atoms with Crippen molar-refractivity contribution in [3.8, 4) is 5.88 Å². The Labute approximate surface area is 182 Å². The van der Waals surface area contributed by atoms with E-state index in [0.717, 1.165) is 5.56 Å². The van der Waals surface area contributed by atoms with Crippen LogP contribution in [0, 0.1) is 18.6 Å². The van der Waals surface area contributed by atoms with Crippen molar-refractivity contribution in [2.24, 2.45) is 0 Å². The second-order valence-corrected chi connectivity index (χ2v) is 8.58. The van der Waals surface area contributed by atoms with Crippen LogP contribution < -0.4 is 4.90 Å². The zero-order valence-electron chi connectivity index (χ0n) is 16.9. The van der Waals surface area contributed by atoms with Crippen LogP contribution in [0.3, 0.4) is 0 Å². The lowest BCUT2D eigenvalue weighted by Crippen LogP contribution is -2.48. The third-order valence-electron chi connectivity index (χ3n) is 5.59. The molecule has 0 bridgehead atoms. The SMILES string of the molecule is Cc1nc2sc(C(c3cccc(F)c3)N3CCN(c4ccccc4F)CC3)c(O)n2n1. The maximum atomic E-state index is 14.2. The van der Waals surface area contributed by atoms with Crippen LogP contribution >= 0.6 is 11.3 Å². The highest BCUT2D eigenvalue weighted by Gasteiger charge is 2.32. The Bertz CT molecular complexity index is 1230. The number of halogens is 2. The van der Waals surface area contributed by atoms with Crippen molar-refractivity contribution >= 4 is 22.0 Å². The Hall–Kier alpha value is -3.04. The summed E-state index contributed by atoms with van der Waals surface area (Å²) in [6.45, 7) is 4.26. The highest BCUT2D eigenvalue weighted by molar-refractivity contribution is 7.17. The van der Waals surface area contributed by atoms with Gasteiger partial charge in [-0.1, -0.05) is 35.6 Å². The van der Waals surface area contributed by atoms with Gasteiger partial charge in [0.1, 0.15) is 17.5 Å². The van der Waals surface area contributed by atoms with E-state index in [1.54, 1.807) is 25.1 Å². The van der Waals surface area contributed by atoms with Crippen LogP contribution in [0.25, 0.3) is 4.96 Å². The van der Waals surface area contributed by atoms with Gasteiger partial charge in [-0.15, -0.1) is 5.10 Å². The summed E-state index contributed by atoms with van der Waals surface area (Å²) < 4.78 is 29.7. The molecular formula is C22H21F2N5OS. The standard InChI is InChI=1S/C22H21F2N5OS/c1-14-25-22-29(26-14)21(30)20(31-22)19(15-5-4-6-16(23)13-15)28-11-9-27(10-12-28)18-8-3-2-7-17(18)24/h2-8,13,19,30H,9-12H2,1H3. The topological polar surface area (TPSA) is 56.9 Å². The number of anilines is 1. The molecule has 6 nitrogen and oxygen atoms in total. The molecule has 0 radical (unpaired) electrons. The Morgan fingerprint density at radius 3 is 2.52 bits per heavy atom. The van der Waals surface area contributed by atoms with Crippen LogP contribution in [0.15, 0.2) is 48.5 Å². The van der Waals surface area contributed by atoms with E-state index in [9.17, 15) is 13.9 Å². The average molecular weight is 442 g/mol. The first kappa shape index (κ1) is 19.9. The van der Waals surface area contributed by atoms with E-state index >= 15 is 0 Å². The van der Waals surface area contributed by atoms with Gasteiger partial charge in [-0.3, -0.25) is 4.90 Å². The van der Waals surface area contributed by atoms with E-state index in [1.807, 2.05) is 17.0 Å². The number of rotatable bonds is 4. The maximum absolute atomic E-state index is 14.2. The monoisotopic (exact) mass is 441 g/mol. The number of fused-ring (bicyclic) bond motifs is 1. The zero-order valence-corrected chi connectivity index (χ0v) is 17.7. The molecule has 1 unspecified atom stereocenters. The lowest BCUT2D eigenvalue weighted by molar-refractivity contribution is 0.210. The number of nitrogens with zero attached hydrogens (tertiary/aromatic N) is 5. The number of para-hydroxylation sites is 1. The summed E-state index contributed by atoms with van der Waals surface area (Å²) in [7, 11) is 0. The van der Waals surface area contributed by atoms with Crippen molar-refractivity contribution in [3.63, 3.8) is 0 Å². The number of aromatic hydroxyl groups is 1. The summed E-state index contributed by atoms with van der Waals surface area (Å²) in [5.41, 5.74) is 1.33. The smallest absolute Gasteiger partial charge is 0.230 e. The molecule has 4 aromatic rings. The van der Waals surface area contributed by atoms with Crippen LogP contribution in [-0.2, 0) is 0 Å². The lowest BCUT2D eigenvalue weighted by Gasteiger charge is -2.40. The van der Waals surface area contributed by atoms with Gasteiger partial charge < -0.3 is 10.0 Å². The van der Waals surface area contributed by atoms with Crippen molar-refractivity contribution in [2.75, 3.05) is 31.1 Å². The van der Waals surface area contributed by atoms with E-state index in [0.29, 0.717) is 47.5 Å². The number of piperazine rings is 1. The number of hydrogen-bond donors (Lipinski definition) is 1. The van der Waals surface area contributed by atoms with Gasteiger partial charge in [-0.25, -0.2) is 13.8 Å². The molecule has 2 aromatic heterocycles. The normalized spacial score (nSPS) is 16.2. The molecule has 1 saturated heterocycles. The predicted octanol–water partition coefficient (Wildman–Crippen LogP) is 3.99. The molecule has 1 aliphatic heterocycles. The summed E-state index contributed by atoms with van der Waals surface area (Å²) in [6, 6.07) is 12.8. The summed E-state index contributed by atoms with van der Waals surface area (Å²) in [5.74, 6) is 0.0267. The van der Waals surface area contributed by atoms with Gasteiger partial charge in [-0.05, 0) is 36.8 Å². The quantitative estimate of drug-likeness (QED) is 0.519. The van der Waals surface area contributed by atoms with Crippen LogP contribution in [0.2, 0.25) is 0 Å². The third kappa shape index (κ3) is 3.64. The fourth-order valence-electron chi connectivity index (χ4n) is 4.16. The molecule has 31 heavy (non-hydrogen) atoms. The predicted molar refractivity (Wildman–Crippen MR) is 116 cm³/mol. The van der Waals surface area contributed by atoms with E-state index in [4.69, 9.17) is 0 Å². The summed E-state index contributed by atoms with van der Waals surface area (Å²) in [5, 5.41) is 15.1. The first-order valence-corrected chi connectivity index (χ1v) is 10.9. The molecular weight excluding hydrogens is 420 g/mol. The molecule has 5 rings (SSSR count). The van der Waals surface area contributed by atoms with Crippen LogP contribution in [0.5, 0.6) is 5.88 Å². The fourth-order valence-corrected chi connectivity index (χ4v) is 5.32. The number of aryl methyl sites for hydroxylation is 1. The Morgan fingerprint density at radius 2 is 1.81 bits per heavy atom. The fraction of sp³-hybridized carbons (Fsp3) is 0.273. The molecule has 3 heterocycles. The molecule has 1 N–H and O–H groups in total. The van der Waals surface area contributed by atoms with E-state index in [-0.39, 0.29) is 23.6 Å². The molecule has 1 atom stereocenters. The largest absolute Gasteiger partial charge is 0.492 e. The van der Waals surface area contributed by atoms with Crippen molar-refractivity contribution in [3.05, 3.63) is 76.4 Å². The van der Waals surface area contributed by atoms with Crippen LogP contribution in [0.4, 0.5) is 14.5 Å². The van der Waals surface area contributed by atoms with Gasteiger partial charge in [0.2, 0.25) is 10.8 Å². The molecule has 0 aliphatic carbocycles. The highest BCUT2D eigenvalue weighted by atomic mass is 32.1. The van der Waals surface area contributed by atoms with Crippen molar-refractivity contribution < 1.29 is 13.9 Å². The molecule has 1 fully saturated rings. The molecule has 9 heteroatoms. The van der Waals surface area contributed by atoms with E-state index < -0.39 is 0 Å². The first-order chi connectivity index (χ1) is 15.0. The van der Waals surface area contributed by atoms with E-state index in [1.165, 1.54) is 34.1 Å². The summed E-state index contributed by atoms with van der Waals surface area (Å²) in [4.78, 5) is 9.82. The minimum atomic E-state index is -0.354. The molecule has 2 aromatic carbocycles. The van der Waals surface area contributed by atoms with Crippen LogP contribution in [-0.4, -0.2) is 50.8 Å². The summed E-state index contributed by atoms with van der Waals surface area (Å²) >= 11 is 1.35. The Kier molecular flexibility index (Phi) is 5.07. The van der Waals surface area contributed by atoms with E-state index in [2.05, 4.69) is 15.0 Å². The van der Waals surface area contributed by atoms with Gasteiger partial charge in [0, 0.05) is 26.2 Å². The number of hydrogen-bond acceptors (Lipinski definition) is 6. The minimum Gasteiger partial charge on any atom is -0.492 e. The van der Waals surface area contributed by atoms with Gasteiger partial charge in [-0.2, -0.15) is 4.52 Å². The van der Waals surface area contributed by atoms with Gasteiger partial charge in [0.25, 0.3) is 0 Å². The molecule has 0 saturated carbocycles. The second kappa shape index (κ2) is 7.90. The highest BCUT2D eigenvalue weighted by Crippen LogP contribution is 2.40. The van der Waals surface area contributed by atoms with Crippen molar-refractivity contribution in [2.45, 2.75) is 13.0 Å². The molecule has 0 amide bonds. The molecule has 160 valence electrons. The first-order valence-electron chi connectivity index (χ1n) is 10.1. The Morgan fingerprint density at radius 1 is 1.03 bits per heavy atom. The van der Waals surface area contributed by atoms with Gasteiger partial charge in [0.15, 0.2) is 0 Å². The van der Waals surface area contributed by atoms with Crippen LogP contribution in [0.1, 0.15) is 22.3 Å². The number of aromatic nitrogens is 3. The molecule has 1 aliphatic rings. The van der Waals surface area contributed by atoms with Gasteiger partial charge >= 0.3 is 0 Å². The number of thiazole rings is 1. The summed E-state index contributed by atoms with van der Waals surface area (Å²) in [6.07, 6.45) is 0. The average Bonchev–Trinajstić information content (AvgIpc) is 3.27. The minimum absolute atomic E-state index is 0.0198. The Balaban J connectivity index is 1.49. The van der Waals surface area contributed by atoms with Gasteiger partial charge in [0.05, 0.1) is 16.6 Å². The lowest BCUT2D eigenvalue weighted by atomic mass is 10.0.